The van der Waals surface area contributed by atoms with Crippen LogP contribution in [0.25, 0.3) is 44.8 Å². The fourth-order valence-corrected chi connectivity index (χ4v) is 7.91. The van der Waals surface area contributed by atoms with Crippen molar-refractivity contribution < 1.29 is 0 Å². The summed E-state index contributed by atoms with van der Waals surface area (Å²) < 4.78 is 2.46. The number of hydrogen-bond acceptors (Lipinski definition) is 4. The van der Waals surface area contributed by atoms with E-state index in [0.29, 0.717) is 0 Å². The predicted octanol–water partition coefficient (Wildman–Crippen LogP) is 14.6. The van der Waals surface area contributed by atoms with E-state index >= 15 is 0 Å². The molecule has 9 aromatic rings. The summed E-state index contributed by atoms with van der Waals surface area (Å²) in [5.74, 6) is 0. The number of nitrogens with zero attached hydrogens (tertiary/aromatic N) is 5. The summed E-state index contributed by atoms with van der Waals surface area (Å²) in [5, 5.41) is 0. The lowest BCUT2D eigenvalue weighted by atomic mass is 10.0. The summed E-state index contributed by atoms with van der Waals surface area (Å²) in [6.07, 6.45) is 7.46. The first-order chi connectivity index (χ1) is 28.9. The Morgan fingerprint density at radius 3 is 0.949 bits per heavy atom. The van der Waals surface area contributed by atoms with Crippen LogP contribution in [0.15, 0.2) is 219 Å². The highest BCUT2D eigenvalue weighted by atomic mass is 15.2. The molecule has 5 heteroatoms. The zero-order valence-corrected chi connectivity index (χ0v) is 33.5. The molecule has 3 aromatic heterocycles. The third-order valence-electron chi connectivity index (χ3n) is 10.7. The van der Waals surface area contributed by atoms with Gasteiger partial charge in [-0.2, -0.15) is 0 Å². The lowest BCUT2D eigenvalue weighted by molar-refractivity contribution is 0.407. The molecule has 0 unspecified atom stereocenters. The molecule has 59 heavy (non-hydrogen) atoms. The van der Waals surface area contributed by atoms with Crippen molar-refractivity contribution in [2.75, 3.05) is 9.80 Å². The molecule has 0 saturated carbocycles. The largest absolute Gasteiger partial charge is 0.335 e. The Balaban J connectivity index is 1.03. The first kappa shape index (κ1) is 37.1. The Morgan fingerprint density at radius 2 is 0.644 bits per heavy atom. The molecule has 0 fully saturated rings. The molecule has 0 amide bonds. The lowest BCUT2D eigenvalue weighted by Crippen LogP contribution is -2.23. The third kappa shape index (κ3) is 7.79. The Labute approximate surface area is 347 Å². The molecule has 0 aliphatic carbocycles. The van der Waals surface area contributed by atoms with Gasteiger partial charge >= 0.3 is 0 Å². The molecular weight excluding hydrogens is 719 g/mol. The van der Waals surface area contributed by atoms with E-state index in [0.717, 1.165) is 45.3 Å². The number of rotatable bonds is 10. The maximum absolute atomic E-state index is 4.47. The average molecular weight is 764 g/mol. The van der Waals surface area contributed by atoms with Crippen molar-refractivity contribution in [2.45, 2.75) is 26.3 Å². The number of benzene rings is 6. The van der Waals surface area contributed by atoms with Crippen LogP contribution < -0.4 is 9.80 Å². The molecule has 0 spiro atoms. The van der Waals surface area contributed by atoms with Crippen LogP contribution in [0.1, 0.15) is 20.8 Å². The van der Waals surface area contributed by atoms with Gasteiger partial charge in [-0.15, -0.1) is 0 Å². The van der Waals surface area contributed by atoms with Gasteiger partial charge in [0.1, 0.15) is 0 Å². The maximum Gasteiger partial charge on any atom is 0.0644 e. The zero-order valence-electron chi connectivity index (χ0n) is 33.5. The molecule has 0 N–H and O–H groups in total. The zero-order chi connectivity index (χ0) is 40.2. The second-order valence-corrected chi connectivity index (χ2v) is 15.6. The molecule has 0 aliphatic rings. The van der Waals surface area contributed by atoms with Crippen molar-refractivity contribution in [3.8, 4) is 44.8 Å². The van der Waals surface area contributed by atoms with Gasteiger partial charge in [0, 0.05) is 52.1 Å². The van der Waals surface area contributed by atoms with Gasteiger partial charge in [0.25, 0.3) is 0 Å². The normalized spacial score (nSPS) is 11.3. The minimum absolute atomic E-state index is 0.185. The summed E-state index contributed by atoms with van der Waals surface area (Å²) in [6.45, 7) is 6.82. The summed E-state index contributed by atoms with van der Waals surface area (Å²) in [5.41, 5.74) is 15.5. The topological polar surface area (TPSA) is 37.2 Å². The highest BCUT2D eigenvalue weighted by molar-refractivity contribution is 5.82. The number of anilines is 6. The molecule has 9 rings (SSSR count). The highest BCUT2D eigenvalue weighted by Gasteiger charge is 2.23. The van der Waals surface area contributed by atoms with Gasteiger partial charge in [-0.05, 0) is 139 Å². The molecule has 0 atom stereocenters. The molecule has 0 saturated heterocycles. The maximum atomic E-state index is 4.47. The van der Waals surface area contributed by atoms with Crippen molar-refractivity contribution in [3.05, 3.63) is 219 Å². The fraction of sp³-hybridized carbons (Fsp3) is 0.0741. The van der Waals surface area contributed by atoms with Gasteiger partial charge in [0.2, 0.25) is 0 Å². The molecule has 6 aromatic carbocycles. The summed E-state index contributed by atoms with van der Waals surface area (Å²) in [6, 6.07) is 68.9. The molecular formula is C54H45N5. The summed E-state index contributed by atoms with van der Waals surface area (Å²) >= 11 is 0. The van der Waals surface area contributed by atoms with E-state index in [9.17, 15) is 0 Å². The van der Waals surface area contributed by atoms with Crippen molar-refractivity contribution in [1.29, 1.82) is 0 Å². The van der Waals surface area contributed by atoms with E-state index < -0.39 is 0 Å². The second kappa shape index (κ2) is 16.2. The van der Waals surface area contributed by atoms with Crippen molar-refractivity contribution >= 4 is 34.1 Å². The Bertz CT molecular complexity index is 2550. The van der Waals surface area contributed by atoms with Gasteiger partial charge in [0.05, 0.1) is 23.8 Å². The van der Waals surface area contributed by atoms with E-state index in [1.807, 2.05) is 49.1 Å². The fourth-order valence-electron chi connectivity index (χ4n) is 7.91. The number of pyridine rings is 2. The van der Waals surface area contributed by atoms with Gasteiger partial charge in [-0.3, -0.25) is 9.97 Å². The van der Waals surface area contributed by atoms with Gasteiger partial charge in [-0.25, -0.2) is 0 Å². The number of aromatic nitrogens is 3. The van der Waals surface area contributed by atoms with Gasteiger partial charge in [-0.1, -0.05) is 109 Å². The minimum Gasteiger partial charge on any atom is -0.335 e. The Hall–Kier alpha value is -7.50. The van der Waals surface area contributed by atoms with Crippen LogP contribution >= 0.6 is 0 Å². The van der Waals surface area contributed by atoms with Crippen LogP contribution in [0.5, 0.6) is 0 Å². The SMILES string of the molecule is CC(C)(C)n1c(-c2ccc(N(c3ccc(-c4ccccc4)cc3)c3cccnc3)cc2)ccc1-c1ccc(N(c2ccc(-c3ccccc3)cc2)c2cccnc2)cc1. The van der Waals surface area contributed by atoms with Crippen LogP contribution in [0.3, 0.4) is 0 Å². The Kier molecular flexibility index (Phi) is 10.2. The molecule has 3 heterocycles. The van der Waals surface area contributed by atoms with Gasteiger partial charge < -0.3 is 14.4 Å². The van der Waals surface area contributed by atoms with Crippen LogP contribution in [0.2, 0.25) is 0 Å². The predicted molar refractivity (Wildman–Crippen MR) is 246 cm³/mol. The van der Waals surface area contributed by atoms with E-state index in [1.165, 1.54) is 33.6 Å². The Morgan fingerprint density at radius 1 is 0.322 bits per heavy atom. The highest BCUT2D eigenvalue weighted by Crippen LogP contribution is 2.41. The van der Waals surface area contributed by atoms with Crippen molar-refractivity contribution in [2.24, 2.45) is 0 Å². The van der Waals surface area contributed by atoms with Crippen molar-refractivity contribution in [3.63, 3.8) is 0 Å². The first-order valence-electron chi connectivity index (χ1n) is 20.1. The van der Waals surface area contributed by atoms with Gasteiger partial charge in [0.15, 0.2) is 0 Å². The van der Waals surface area contributed by atoms with E-state index in [1.54, 1.807) is 0 Å². The van der Waals surface area contributed by atoms with Crippen LogP contribution in [0, 0.1) is 0 Å². The summed E-state index contributed by atoms with van der Waals surface area (Å²) in [7, 11) is 0. The first-order valence-corrected chi connectivity index (χ1v) is 20.1. The second-order valence-electron chi connectivity index (χ2n) is 15.6. The molecule has 0 aliphatic heterocycles. The lowest BCUT2D eigenvalue weighted by Gasteiger charge is -2.29. The monoisotopic (exact) mass is 763 g/mol. The average Bonchev–Trinajstić information content (AvgIpc) is 3.76. The quantitative estimate of drug-likeness (QED) is 0.139. The molecule has 0 radical (unpaired) electrons. The number of hydrogen-bond donors (Lipinski definition) is 0. The smallest absolute Gasteiger partial charge is 0.0644 e. The van der Waals surface area contributed by atoms with Crippen LogP contribution in [0.4, 0.5) is 34.1 Å². The third-order valence-corrected chi connectivity index (χ3v) is 10.7. The summed E-state index contributed by atoms with van der Waals surface area (Å²) in [4.78, 5) is 13.4. The standard InChI is InChI=1S/C54H45N5/c1-54(2,3)59-52(44-22-30-48(31-23-44)57(50-16-10-36-55-38-50)46-26-18-42(19-27-46)40-12-6-4-7-13-40)34-35-53(59)45-24-32-49(33-25-45)58(51-17-11-37-56-39-51)47-28-20-43(21-29-47)41-14-8-5-9-15-41/h4-39H,1-3H3. The van der Waals surface area contributed by atoms with E-state index in [2.05, 4.69) is 215 Å². The minimum atomic E-state index is -0.185. The molecule has 286 valence electrons. The van der Waals surface area contributed by atoms with E-state index in [-0.39, 0.29) is 5.54 Å². The molecule has 0 bridgehead atoms. The van der Waals surface area contributed by atoms with E-state index in [4.69, 9.17) is 0 Å². The molecule has 5 nitrogen and oxygen atoms in total. The van der Waals surface area contributed by atoms with Crippen LogP contribution in [-0.2, 0) is 5.54 Å². The van der Waals surface area contributed by atoms with Crippen molar-refractivity contribution in [1.82, 2.24) is 14.5 Å². The van der Waals surface area contributed by atoms with Crippen LogP contribution in [-0.4, -0.2) is 14.5 Å².